The van der Waals surface area contributed by atoms with Gasteiger partial charge in [-0.1, -0.05) is 18.2 Å². The first kappa shape index (κ1) is 18.5. The van der Waals surface area contributed by atoms with E-state index in [9.17, 15) is 0 Å². The Kier molecular flexibility index (Phi) is 5.64. The van der Waals surface area contributed by atoms with Crippen molar-refractivity contribution in [2.45, 2.75) is 19.1 Å². The maximum absolute atomic E-state index is 5.69. The van der Waals surface area contributed by atoms with Gasteiger partial charge in [-0.2, -0.15) is 0 Å². The number of para-hydroxylation sites is 1. The molecule has 1 aliphatic heterocycles. The Morgan fingerprint density at radius 3 is 2.54 bits per heavy atom. The molecule has 0 bridgehead atoms. The van der Waals surface area contributed by atoms with E-state index in [-0.39, 0.29) is 18.6 Å². The number of ether oxygens (including phenoxy) is 2. The largest absolute Gasteiger partial charge is 0.497 e. The fourth-order valence-electron chi connectivity index (χ4n) is 3.56. The number of methoxy groups -OCH3 is 2. The van der Waals surface area contributed by atoms with Crippen molar-refractivity contribution in [2.24, 2.45) is 0 Å². The van der Waals surface area contributed by atoms with Crippen LogP contribution >= 0.6 is 12.4 Å². The lowest BCUT2D eigenvalue weighted by molar-refractivity contribution is 0.111. The molecule has 1 aromatic heterocycles. The molecule has 3 aromatic rings. The Labute approximate surface area is 160 Å². The van der Waals surface area contributed by atoms with Crippen molar-refractivity contribution in [3.05, 3.63) is 54.6 Å². The van der Waals surface area contributed by atoms with Crippen LogP contribution in [0.25, 0.3) is 22.2 Å². The fraction of sp³-hybridized carbons (Fsp3) is 0.286. The number of halogens is 1. The molecule has 5 heteroatoms. The molecule has 0 aliphatic carbocycles. The molecule has 0 amide bonds. The minimum Gasteiger partial charge on any atom is -0.497 e. The normalized spacial score (nSPS) is 16.5. The van der Waals surface area contributed by atoms with Gasteiger partial charge in [-0.3, -0.25) is 0 Å². The van der Waals surface area contributed by atoms with Gasteiger partial charge in [0.15, 0.2) is 0 Å². The summed E-state index contributed by atoms with van der Waals surface area (Å²) < 4.78 is 11.0. The standard InChI is InChI=1S/C21H22N2O2.ClH/c1-24-16-11-9-15(10-12-16)19-14-20(23-13-5-8-21(23)25-2)17-6-3-4-7-18(17)22-19;/h3-4,6-7,9-12,14,21H,5,8,13H2,1-2H3;1H. The topological polar surface area (TPSA) is 34.6 Å². The minimum atomic E-state index is 0. The third kappa shape index (κ3) is 3.35. The van der Waals surface area contributed by atoms with Crippen LogP contribution in [0.15, 0.2) is 54.6 Å². The highest BCUT2D eigenvalue weighted by Crippen LogP contribution is 2.35. The second kappa shape index (κ2) is 7.94. The zero-order chi connectivity index (χ0) is 17.2. The first-order valence-corrected chi connectivity index (χ1v) is 8.64. The van der Waals surface area contributed by atoms with E-state index in [0.717, 1.165) is 41.9 Å². The molecule has 4 nitrogen and oxygen atoms in total. The predicted molar refractivity (Wildman–Crippen MR) is 108 cm³/mol. The lowest BCUT2D eigenvalue weighted by Gasteiger charge is -2.27. The lowest BCUT2D eigenvalue weighted by Crippen LogP contribution is -2.30. The van der Waals surface area contributed by atoms with Crippen molar-refractivity contribution in [1.29, 1.82) is 0 Å². The Hall–Kier alpha value is -2.30. The van der Waals surface area contributed by atoms with E-state index in [1.165, 1.54) is 11.1 Å². The lowest BCUT2D eigenvalue weighted by atomic mass is 10.1. The highest BCUT2D eigenvalue weighted by molar-refractivity contribution is 5.94. The van der Waals surface area contributed by atoms with Crippen LogP contribution in [0.2, 0.25) is 0 Å². The molecule has 0 N–H and O–H groups in total. The van der Waals surface area contributed by atoms with Crippen molar-refractivity contribution < 1.29 is 9.47 Å². The number of hydrogen-bond acceptors (Lipinski definition) is 4. The molecular formula is C21H23ClN2O2. The average molecular weight is 371 g/mol. The van der Waals surface area contributed by atoms with Gasteiger partial charge in [0.05, 0.1) is 24.0 Å². The number of rotatable bonds is 4. The Bertz CT molecular complexity index is 883. The summed E-state index contributed by atoms with van der Waals surface area (Å²) in [7, 11) is 3.47. The minimum absolute atomic E-state index is 0. The smallest absolute Gasteiger partial charge is 0.129 e. The van der Waals surface area contributed by atoms with Gasteiger partial charge in [-0.15, -0.1) is 12.4 Å². The monoisotopic (exact) mass is 370 g/mol. The first-order valence-electron chi connectivity index (χ1n) is 8.64. The van der Waals surface area contributed by atoms with Crippen molar-refractivity contribution >= 4 is 29.0 Å². The molecule has 26 heavy (non-hydrogen) atoms. The summed E-state index contributed by atoms with van der Waals surface area (Å²) in [5.74, 6) is 0.851. The van der Waals surface area contributed by atoms with Crippen molar-refractivity contribution in [2.75, 3.05) is 25.7 Å². The molecule has 136 valence electrons. The second-order valence-corrected chi connectivity index (χ2v) is 6.30. The van der Waals surface area contributed by atoms with E-state index < -0.39 is 0 Å². The molecule has 1 atom stereocenters. The number of aromatic nitrogens is 1. The number of hydrogen-bond donors (Lipinski definition) is 0. The molecule has 4 rings (SSSR count). The van der Waals surface area contributed by atoms with Crippen molar-refractivity contribution in [3.8, 4) is 17.0 Å². The molecule has 2 heterocycles. The van der Waals surface area contributed by atoms with Gasteiger partial charge >= 0.3 is 0 Å². The van der Waals surface area contributed by atoms with Crippen LogP contribution in [0, 0.1) is 0 Å². The predicted octanol–water partition coefficient (Wildman–Crippen LogP) is 4.90. The fourth-order valence-corrected chi connectivity index (χ4v) is 3.56. The van der Waals surface area contributed by atoms with Crippen LogP contribution in [0.5, 0.6) is 5.75 Å². The molecule has 2 aromatic carbocycles. The second-order valence-electron chi connectivity index (χ2n) is 6.30. The van der Waals surface area contributed by atoms with Crippen molar-refractivity contribution in [3.63, 3.8) is 0 Å². The summed E-state index contributed by atoms with van der Waals surface area (Å²) in [5.41, 5.74) is 4.26. The van der Waals surface area contributed by atoms with Gasteiger partial charge in [-0.05, 0) is 49.2 Å². The SMILES string of the molecule is COc1ccc(-c2cc(N3CCCC3OC)c3ccccc3n2)cc1.Cl. The summed E-state index contributed by atoms with van der Waals surface area (Å²) in [4.78, 5) is 7.23. The summed E-state index contributed by atoms with van der Waals surface area (Å²) in [6, 6.07) is 18.5. The van der Waals surface area contributed by atoms with E-state index >= 15 is 0 Å². The quantitative estimate of drug-likeness (QED) is 0.653. The highest BCUT2D eigenvalue weighted by atomic mass is 35.5. The van der Waals surface area contributed by atoms with Gasteiger partial charge in [0.1, 0.15) is 12.0 Å². The highest BCUT2D eigenvalue weighted by Gasteiger charge is 2.26. The van der Waals surface area contributed by atoms with Crippen molar-refractivity contribution in [1.82, 2.24) is 4.98 Å². The van der Waals surface area contributed by atoms with Crippen LogP contribution in [0.3, 0.4) is 0 Å². The van der Waals surface area contributed by atoms with E-state index in [0.29, 0.717) is 0 Å². The molecule has 0 radical (unpaired) electrons. The van der Waals surface area contributed by atoms with E-state index in [4.69, 9.17) is 14.5 Å². The number of pyridine rings is 1. The number of fused-ring (bicyclic) bond motifs is 1. The van der Waals surface area contributed by atoms with Crippen LogP contribution in [-0.2, 0) is 4.74 Å². The van der Waals surface area contributed by atoms with E-state index in [1.54, 1.807) is 14.2 Å². The Morgan fingerprint density at radius 2 is 1.81 bits per heavy atom. The molecular weight excluding hydrogens is 348 g/mol. The van der Waals surface area contributed by atoms with Crippen LogP contribution in [0.1, 0.15) is 12.8 Å². The maximum atomic E-state index is 5.69. The summed E-state index contributed by atoms with van der Waals surface area (Å²) in [6.07, 6.45) is 2.34. The van der Waals surface area contributed by atoms with Crippen LogP contribution < -0.4 is 9.64 Å². The Morgan fingerprint density at radius 1 is 1.04 bits per heavy atom. The van der Waals surface area contributed by atoms with Gasteiger partial charge in [-0.25, -0.2) is 4.98 Å². The van der Waals surface area contributed by atoms with E-state index in [2.05, 4.69) is 41.3 Å². The number of nitrogens with zero attached hydrogens (tertiary/aromatic N) is 2. The molecule has 0 saturated carbocycles. The Balaban J connectivity index is 0.00000196. The molecule has 1 unspecified atom stereocenters. The molecule has 1 aliphatic rings. The summed E-state index contributed by atoms with van der Waals surface area (Å²) in [6.45, 7) is 1.01. The number of benzene rings is 2. The van der Waals surface area contributed by atoms with Crippen LogP contribution in [0.4, 0.5) is 5.69 Å². The van der Waals surface area contributed by atoms with Gasteiger partial charge in [0.2, 0.25) is 0 Å². The summed E-state index contributed by atoms with van der Waals surface area (Å²) >= 11 is 0. The molecule has 1 saturated heterocycles. The summed E-state index contributed by atoms with van der Waals surface area (Å²) in [5, 5.41) is 1.17. The van der Waals surface area contributed by atoms with Crippen LogP contribution in [-0.4, -0.2) is 32.0 Å². The third-order valence-electron chi connectivity index (χ3n) is 4.86. The van der Waals surface area contributed by atoms with Gasteiger partial charge < -0.3 is 14.4 Å². The maximum Gasteiger partial charge on any atom is 0.129 e. The molecule has 0 spiro atoms. The first-order chi connectivity index (χ1) is 12.3. The van der Waals surface area contributed by atoms with E-state index in [1.807, 2.05) is 18.2 Å². The zero-order valence-corrected chi connectivity index (χ0v) is 15.8. The van der Waals surface area contributed by atoms with Gasteiger partial charge in [0.25, 0.3) is 0 Å². The average Bonchev–Trinajstić information content (AvgIpc) is 3.16. The zero-order valence-electron chi connectivity index (χ0n) is 15.0. The number of anilines is 1. The molecule has 1 fully saturated rings. The van der Waals surface area contributed by atoms with Gasteiger partial charge in [0, 0.05) is 24.6 Å². The third-order valence-corrected chi connectivity index (χ3v) is 4.86.